The highest BCUT2D eigenvalue weighted by molar-refractivity contribution is 5.83. The van der Waals surface area contributed by atoms with Crippen LogP contribution in [0.2, 0.25) is 0 Å². The van der Waals surface area contributed by atoms with E-state index in [9.17, 15) is 0 Å². The average molecular weight is 358 g/mol. The van der Waals surface area contributed by atoms with E-state index in [1.807, 2.05) is 47.0 Å². The number of oxazole rings is 1. The third-order valence-corrected chi connectivity index (χ3v) is 4.10. The zero-order chi connectivity index (χ0) is 18.4. The Morgan fingerprint density at radius 3 is 2.78 bits per heavy atom. The summed E-state index contributed by atoms with van der Waals surface area (Å²) in [5.74, 6) is 1.64. The molecular formula is C18H14N8O. The smallest absolute Gasteiger partial charge is 0.242 e. The van der Waals surface area contributed by atoms with Gasteiger partial charge in [0.1, 0.15) is 11.3 Å². The molecule has 132 valence electrons. The number of fused-ring (bicyclic) bond motifs is 2. The maximum Gasteiger partial charge on any atom is 0.242 e. The number of rotatable bonds is 3. The van der Waals surface area contributed by atoms with Gasteiger partial charge >= 0.3 is 0 Å². The molecule has 0 spiro atoms. The van der Waals surface area contributed by atoms with Crippen LogP contribution in [0.1, 0.15) is 5.82 Å². The first kappa shape index (κ1) is 15.3. The van der Waals surface area contributed by atoms with Gasteiger partial charge in [-0.3, -0.25) is 0 Å². The fourth-order valence-electron chi connectivity index (χ4n) is 2.96. The van der Waals surface area contributed by atoms with Crippen molar-refractivity contribution in [2.24, 2.45) is 0 Å². The van der Waals surface area contributed by atoms with Crippen molar-refractivity contribution >= 4 is 39.7 Å². The van der Waals surface area contributed by atoms with E-state index < -0.39 is 0 Å². The lowest BCUT2D eigenvalue weighted by molar-refractivity contribution is 0.602. The number of hydrogen-bond donors (Lipinski definition) is 2. The number of aryl methyl sites for hydroxylation is 1. The van der Waals surface area contributed by atoms with Gasteiger partial charge in [0.05, 0.1) is 11.0 Å². The Morgan fingerprint density at radius 1 is 1.00 bits per heavy atom. The SMILES string of the molecule is Cc1nc(N)nc(-n2c(Nc3ccc4ncoc4c3)nc3ccccc32)n1. The van der Waals surface area contributed by atoms with E-state index >= 15 is 0 Å². The summed E-state index contributed by atoms with van der Waals surface area (Å²) in [6, 6.07) is 13.4. The Kier molecular flexibility index (Phi) is 3.26. The number of nitrogens with two attached hydrogens (primary N) is 1. The molecule has 0 saturated heterocycles. The molecule has 2 aromatic carbocycles. The highest BCUT2D eigenvalue weighted by Gasteiger charge is 2.16. The molecule has 0 unspecified atom stereocenters. The molecule has 0 atom stereocenters. The summed E-state index contributed by atoms with van der Waals surface area (Å²) < 4.78 is 7.18. The Labute approximate surface area is 152 Å². The predicted octanol–water partition coefficient (Wildman–Crippen LogP) is 2.99. The van der Waals surface area contributed by atoms with E-state index in [1.165, 1.54) is 6.39 Å². The average Bonchev–Trinajstić information content (AvgIpc) is 3.24. The lowest BCUT2D eigenvalue weighted by atomic mass is 10.3. The van der Waals surface area contributed by atoms with Gasteiger partial charge in [0.2, 0.25) is 17.8 Å². The molecule has 0 radical (unpaired) electrons. The molecule has 3 aromatic heterocycles. The van der Waals surface area contributed by atoms with Crippen molar-refractivity contribution in [1.29, 1.82) is 0 Å². The van der Waals surface area contributed by atoms with Crippen LogP contribution >= 0.6 is 0 Å². The number of anilines is 3. The Balaban J connectivity index is 1.69. The first-order valence-electron chi connectivity index (χ1n) is 8.24. The van der Waals surface area contributed by atoms with E-state index in [-0.39, 0.29) is 5.95 Å². The largest absolute Gasteiger partial charge is 0.443 e. The molecule has 27 heavy (non-hydrogen) atoms. The van der Waals surface area contributed by atoms with E-state index in [2.05, 4.69) is 30.2 Å². The van der Waals surface area contributed by atoms with Gasteiger partial charge in [-0.05, 0) is 31.2 Å². The third kappa shape index (κ3) is 2.61. The van der Waals surface area contributed by atoms with Crippen molar-refractivity contribution < 1.29 is 4.42 Å². The van der Waals surface area contributed by atoms with Crippen molar-refractivity contribution in [1.82, 2.24) is 29.5 Å². The third-order valence-electron chi connectivity index (χ3n) is 4.10. The van der Waals surface area contributed by atoms with Crippen LogP contribution in [0.3, 0.4) is 0 Å². The molecule has 3 heterocycles. The first-order chi connectivity index (χ1) is 13.2. The van der Waals surface area contributed by atoms with Crippen molar-refractivity contribution in [2.75, 3.05) is 11.1 Å². The van der Waals surface area contributed by atoms with Crippen LogP contribution in [0.25, 0.3) is 28.1 Å². The summed E-state index contributed by atoms with van der Waals surface area (Å²) in [6.07, 6.45) is 1.42. The Hall–Kier alpha value is -4.01. The van der Waals surface area contributed by atoms with E-state index in [0.29, 0.717) is 23.3 Å². The summed E-state index contributed by atoms with van der Waals surface area (Å²) >= 11 is 0. The molecule has 5 rings (SSSR count). The molecule has 0 fully saturated rings. The number of hydrogen-bond acceptors (Lipinski definition) is 8. The summed E-state index contributed by atoms with van der Waals surface area (Å²) in [7, 11) is 0. The van der Waals surface area contributed by atoms with Gasteiger partial charge in [-0.15, -0.1) is 0 Å². The highest BCUT2D eigenvalue weighted by Crippen LogP contribution is 2.27. The monoisotopic (exact) mass is 358 g/mol. The molecule has 0 amide bonds. The van der Waals surface area contributed by atoms with Crippen LogP contribution in [0.15, 0.2) is 53.3 Å². The van der Waals surface area contributed by atoms with Crippen LogP contribution in [0.4, 0.5) is 17.6 Å². The number of nitrogens with one attached hydrogen (secondary N) is 1. The van der Waals surface area contributed by atoms with Crippen LogP contribution in [0, 0.1) is 6.92 Å². The maximum absolute atomic E-state index is 5.83. The van der Waals surface area contributed by atoms with Crippen molar-refractivity contribution in [3.63, 3.8) is 0 Å². The van der Waals surface area contributed by atoms with Gasteiger partial charge in [0, 0.05) is 11.8 Å². The van der Waals surface area contributed by atoms with Crippen molar-refractivity contribution in [2.45, 2.75) is 6.92 Å². The summed E-state index contributed by atoms with van der Waals surface area (Å²) in [5, 5.41) is 3.30. The molecule has 0 saturated carbocycles. The van der Waals surface area contributed by atoms with Gasteiger partial charge in [-0.1, -0.05) is 12.1 Å². The normalized spacial score (nSPS) is 11.3. The number of aromatic nitrogens is 6. The summed E-state index contributed by atoms with van der Waals surface area (Å²) in [6.45, 7) is 1.77. The Morgan fingerprint density at radius 2 is 1.89 bits per heavy atom. The predicted molar refractivity (Wildman–Crippen MR) is 101 cm³/mol. The molecule has 3 N–H and O–H groups in total. The van der Waals surface area contributed by atoms with Crippen molar-refractivity contribution in [3.8, 4) is 5.95 Å². The van der Waals surface area contributed by atoms with Crippen LogP contribution in [0.5, 0.6) is 0 Å². The zero-order valence-corrected chi connectivity index (χ0v) is 14.3. The minimum absolute atomic E-state index is 0.157. The lowest BCUT2D eigenvalue weighted by Gasteiger charge is -2.10. The molecule has 5 aromatic rings. The topological polar surface area (TPSA) is 121 Å². The minimum atomic E-state index is 0.157. The molecule has 0 bridgehead atoms. The number of benzene rings is 2. The van der Waals surface area contributed by atoms with E-state index in [4.69, 9.17) is 10.2 Å². The van der Waals surface area contributed by atoms with Gasteiger partial charge < -0.3 is 15.5 Å². The molecule has 9 nitrogen and oxygen atoms in total. The molecule has 0 aliphatic carbocycles. The number of imidazole rings is 1. The lowest BCUT2D eigenvalue weighted by Crippen LogP contribution is -2.10. The van der Waals surface area contributed by atoms with Crippen LogP contribution in [-0.4, -0.2) is 29.5 Å². The Bertz CT molecular complexity index is 1270. The second-order valence-corrected chi connectivity index (χ2v) is 5.96. The fraction of sp³-hybridized carbons (Fsp3) is 0.0556. The minimum Gasteiger partial charge on any atom is -0.443 e. The number of nitrogen functional groups attached to an aromatic ring is 1. The van der Waals surface area contributed by atoms with E-state index in [0.717, 1.165) is 22.2 Å². The standard InChI is InChI=1S/C18H14N8O/c1-10-21-16(19)25-17(22-10)26-14-5-3-2-4-12(14)24-18(26)23-11-6-7-13-15(8-11)27-9-20-13/h2-9H,1H3,(H,23,24)(H2,19,21,22,25). The van der Waals surface area contributed by atoms with Crippen LogP contribution < -0.4 is 11.1 Å². The van der Waals surface area contributed by atoms with Crippen LogP contribution in [-0.2, 0) is 0 Å². The highest BCUT2D eigenvalue weighted by atomic mass is 16.3. The fourth-order valence-corrected chi connectivity index (χ4v) is 2.96. The summed E-state index contributed by atoms with van der Waals surface area (Å²) in [5.41, 5.74) is 9.75. The van der Waals surface area contributed by atoms with Gasteiger partial charge in [0.15, 0.2) is 12.0 Å². The first-order valence-corrected chi connectivity index (χ1v) is 8.24. The molecule has 0 aliphatic rings. The van der Waals surface area contributed by atoms with Gasteiger partial charge in [0.25, 0.3) is 0 Å². The molecule has 9 heteroatoms. The second kappa shape index (κ2) is 5.77. The quantitative estimate of drug-likeness (QED) is 0.505. The molecule has 0 aliphatic heterocycles. The maximum atomic E-state index is 5.83. The molecular weight excluding hydrogens is 344 g/mol. The van der Waals surface area contributed by atoms with Gasteiger partial charge in [-0.25, -0.2) is 14.5 Å². The zero-order valence-electron chi connectivity index (χ0n) is 14.3. The van der Waals surface area contributed by atoms with Gasteiger partial charge in [-0.2, -0.15) is 15.0 Å². The van der Waals surface area contributed by atoms with Crippen molar-refractivity contribution in [3.05, 3.63) is 54.7 Å². The number of nitrogens with zero attached hydrogens (tertiary/aromatic N) is 6. The second-order valence-electron chi connectivity index (χ2n) is 5.96. The summed E-state index contributed by atoms with van der Waals surface area (Å²) in [4.78, 5) is 21.6. The number of para-hydroxylation sites is 2. The van der Waals surface area contributed by atoms with E-state index in [1.54, 1.807) is 6.92 Å².